The zero-order valence-electron chi connectivity index (χ0n) is 12.1. The van der Waals surface area contributed by atoms with Crippen LogP contribution in [0.25, 0.3) is 0 Å². The molecule has 2 rings (SSSR count). The zero-order valence-corrected chi connectivity index (χ0v) is 12.9. The lowest BCUT2D eigenvalue weighted by atomic mass is 10.0. The van der Waals surface area contributed by atoms with Crippen LogP contribution < -0.4 is 4.74 Å². The molecule has 0 aromatic heterocycles. The molecule has 19 heavy (non-hydrogen) atoms. The molecule has 0 bridgehead atoms. The first-order chi connectivity index (χ1) is 9.24. The molecule has 0 radical (unpaired) electrons. The Bertz CT molecular complexity index is 358. The van der Waals surface area contributed by atoms with E-state index in [9.17, 15) is 0 Å². The highest BCUT2D eigenvalue weighted by Gasteiger charge is 2.09. The van der Waals surface area contributed by atoms with Gasteiger partial charge in [-0.2, -0.15) is 11.8 Å². The molecule has 106 valence electrons. The molecule has 0 unspecified atom stereocenters. The van der Waals surface area contributed by atoms with Crippen LogP contribution in [0.2, 0.25) is 0 Å². The van der Waals surface area contributed by atoms with Gasteiger partial charge in [0.15, 0.2) is 0 Å². The average Bonchev–Trinajstić information content (AvgIpc) is 2.41. The van der Waals surface area contributed by atoms with Crippen molar-refractivity contribution in [3.63, 3.8) is 0 Å². The largest absolute Gasteiger partial charge is 0.492 e. The van der Waals surface area contributed by atoms with E-state index in [1.807, 2.05) is 0 Å². The van der Waals surface area contributed by atoms with E-state index in [2.05, 4.69) is 54.8 Å². The predicted octanol–water partition coefficient (Wildman–Crippen LogP) is 3.31. The van der Waals surface area contributed by atoms with Crippen LogP contribution in [-0.4, -0.2) is 42.6 Å². The summed E-state index contributed by atoms with van der Waals surface area (Å²) in [7, 11) is 0. The summed E-state index contributed by atoms with van der Waals surface area (Å²) >= 11 is 2.05. The van der Waals surface area contributed by atoms with Gasteiger partial charge in [0, 0.05) is 31.1 Å². The topological polar surface area (TPSA) is 12.5 Å². The molecule has 0 aliphatic carbocycles. The molecule has 0 amide bonds. The third-order valence-corrected chi connectivity index (χ3v) is 4.29. The summed E-state index contributed by atoms with van der Waals surface area (Å²) in [6, 6.07) is 8.58. The summed E-state index contributed by atoms with van der Waals surface area (Å²) in [5, 5.41) is 0. The first-order valence-electron chi connectivity index (χ1n) is 7.26. The minimum absolute atomic E-state index is 0.712. The second-order valence-electron chi connectivity index (χ2n) is 5.54. The van der Waals surface area contributed by atoms with E-state index in [4.69, 9.17) is 4.74 Å². The normalized spacial score (nSPS) is 16.8. The number of hydrogen-bond acceptors (Lipinski definition) is 3. The molecule has 1 saturated heterocycles. The highest BCUT2D eigenvalue weighted by atomic mass is 32.2. The minimum Gasteiger partial charge on any atom is -0.492 e. The van der Waals surface area contributed by atoms with Crippen LogP contribution >= 0.6 is 11.8 Å². The van der Waals surface area contributed by atoms with Crippen LogP contribution in [0.1, 0.15) is 19.4 Å². The zero-order chi connectivity index (χ0) is 13.5. The molecule has 1 aliphatic heterocycles. The fourth-order valence-corrected chi connectivity index (χ4v) is 3.29. The molecule has 1 aromatic rings. The van der Waals surface area contributed by atoms with E-state index in [-0.39, 0.29) is 0 Å². The summed E-state index contributed by atoms with van der Waals surface area (Å²) in [5.41, 5.74) is 1.40. The summed E-state index contributed by atoms with van der Waals surface area (Å²) in [6.07, 6.45) is 1.14. The lowest BCUT2D eigenvalue weighted by Gasteiger charge is -2.25. The lowest BCUT2D eigenvalue weighted by molar-refractivity contribution is 0.222. The van der Waals surface area contributed by atoms with E-state index in [0.717, 1.165) is 25.3 Å². The summed E-state index contributed by atoms with van der Waals surface area (Å²) in [4.78, 5) is 2.49. The molecular weight excluding hydrogens is 254 g/mol. The van der Waals surface area contributed by atoms with Gasteiger partial charge in [0.05, 0.1) is 0 Å². The van der Waals surface area contributed by atoms with Gasteiger partial charge in [0.25, 0.3) is 0 Å². The van der Waals surface area contributed by atoms with Crippen LogP contribution in [0, 0.1) is 5.92 Å². The van der Waals surface area contributed by atoms with Crippen LogP contribution in [0.5, 0.6) is 5.75 Å². The van der Waals surface area contributed by atoms with Crippen LogP contribution in [0.3, 0.4) is 0 Å². The maximum Gasteiger partial charge on any atom is 0.119 e. The Morgan fingerprint density at radius 3 is 2.47 bits per heavy atom. The first-order valence-corrected chi connectivity index (χ1v) is 8.41. The predicted molar refractivity (Wildman–Crippen MR) is 84.2 cm³/mol. The molecule has 1 fully saturated rings. The van der Waals surface area contributed by atoms with Crippen molar-refractivity contribution in [2.24, 2.45) is 5.92 Å². The number of ether oxygens (including phenoxy) is 1. The standard InChI is InChI=1S/C16H25NOS/c1-14(2)13-15-3-5-16(6-4-15)18-10-7-17-8-11-19-12-9-17/h3-6,14H,7-13H2,1-2H3. The summed E-state index contributed by atoms with van der Waals surface area (Å²) in [5.74, 6) is 4.25. The summed E-state index contributed by atoms with van der Waals surface area (Å²) in [6.45, 7) is 8.77. The molecular formula is C16H25NOS. The lowest BCUT2D eigenvalue weighted by Crippen LogP contribution is -2.35. The average molecular weight is 279 g/mol. The number of hydrogen-bond donors (Lipinski definition) is 0. The SMILES string of the molecule is CC(C)Cc1ccc(OCCN2CCSCC2)cc1. The quantitative estimate of drug-likeness (QED) is 0.792. The summed E-state index contributed by atoms with van der Waals surface area (Å²) < 4.78 is 5.82. The van der Waals surface area contributed by atoms with E-state index in [1.54, 1.807) is 0 Å². The van der Waals surface area contributed by atoms with E-state index in [0.29, 0.717) is 5.92 Å². The van der Waals surface area contributed by atoms with Gasteiger partial charge in [-0.15, -0.1) is 0 Å². The molecule has 3 heteroatoms. The number of thioether (sulfide) groups is 1. The van der Waals surface area contributed by atoms with Gasteiger partial charge in [0.1, 0.15) is 12.4 Å². The van der Waals surface area contributed by atoms with Crippen molar-refractivity contribution in [2.75, 3.05) is 37.7 Å². The maximum absolute atomic E-state index is 5.82. The van der Waals surface area contributed by atoms with E-state index >= 15 is 0 Å². The van der Waals surface area contributed by atoms with E-state index < -0.39 is 0 Å². The van der Waals surface area contributed by atoms with Crippen LogP contribution in [-0.2, 0) is 6.42 Å². The highest BCUT2D eigenvalue weighted by molar-refractivity contribution is 7.99. The van der Waals surface area contributed by atoms with Crippen molar-refractivity contribution in [3.05, 3.63) is 29.8 Å². The van der Waals surface area contributed by atoms with Gasteiger partial charge in [-0.25, -0.2) is 0 Å². The van der Waals surface area contributed by atoms with Gasteiger partial charge in [0.2, 0.25) is 0 Å². The molecule has 2 nitrogen and oxygen atoms in total. The van der Waals surface area contributed by atoms with Crippen molar-refractivity contribution >= 4 is 11.8 Å². The van der Waals surface area contributed by atoms with Crippen molar-refractivity contribution in [1.29, 1.82) is 0 Å². The van der Waals surface area contributed by atoms with Crippen LogP contribution in [0.15, 0.2) is 24.3 Å². The minimum atomic E-state index is 0.712. The van der Waals surface area contributed by atoms with Crippen molar-refractivity contribution < 1.29 is 4.74 Å². The second-order valence-corrected chi connectivity index (χ2v) is 6.77. The Morgan fingerprint density at radius 1 is 1.16 bits per heavy atom. The van der Waals surface area contributed by atoms with Gasteiger partial charge in [-0.3, -0.25) is 4.90 Å². The highest BCUT2D eigenvalue weighted by Crippen LogP contribution is 2.15. The first kappa shape index (κ1) is 14.7. The number of rotatable bonds is 6. The smallest absolute Gasteiger partial charge is 0.119 e. The monoisotopic (exact) mass is 279 g/mol. The van der Waals surface area contributed by atoms with Crippen molar-refractivity contribution in [2.45, 2.75) is 20.3 Å². The third-order valence-electron chi connectivity index (χ3n) is 3.35. The fraction of sp³-hybridized carbons (Fsp3) is 0.625. The van der Waals surface area contributed by atoms with Gasteiger partial charge in [-0.1, -0.05) is 26.0 Å². The Kier molecular flexibility index (Phi) is 6.05. The van der Waals surface area contributed by atoms with Gasteiger partial charge >= 0.3 is 0 Å². The molecule has 0 saturated carbocycles. The Hall–Kier alpha value is -0.670. The Labute approximate surface area is 121 Å². The van der Waals surface area contributed by atoms with Gasteiger partial charge in [-0.05, 0) is 30.0 Å². The number of nitrogens with zero attached hydrogens (tertiary/aromatic N) is 1. The second kappa shape index (κ2) is 7.81. The molecule has 1 heterocycles. The van der Waals surface area contributed by atoms with Crippen LogP contribution in [0.4, 0.5) is 0 Å². The van der Waals surface area contributed by atoms with E-state index in [1.165, 1.54) is 30.2 Å². The fourth-order valence-electron chi connectivity index (χ4n) is 2.31. The molecule has 0 atom stereocenters. The maximum atomic E-state index is 5.82. The third kappa shape index (κ3) is 5.45. The van der Waals surface area contributed by atoms with Crippen molar-refractivity contribution in [3.8, 4) is 5.75 Å². The molecule has 0 spiro atoms. The molecule has 1 aliphatic rings. The molecule has 0 N–H and O–H groups in total. The van der Waals surface area contributed by atoms with Gasteiger partial charge < -0.3 is 4.74 Å². The molecule has 1 aromatic carbocycles. The Morgan fingerprint density at radius 2 is 1.84 bits per heavy atom. The number of benzene rings is 1. The van der Waals surface area contributed by atoms with Crippen molar-refractivity contribution in [1.82, 2.24) is 4.90 Å². The Balaban J connectivity index is 1.70.